The van der Waals surface area contributed by atoms with Gasteiger partial charge in [-0.05, 0) is 57.4 Å². The number of amides is 1. The summed E-state index contributed by atoms with van der Waals surface area (Å²) in [5.41, 5.74) is 3.42. The maximum absolute atomic E-state index is 13.6. The Morgan fingerprint density at radius 3 is 2.57 bits per heavy atom. The van der Waals surface area contributed by atoms with E-state index in [1.165, 1.54) is 0 Å². The lowest BCUT2D eigenvalue weighted by atomic mass is 10.0. The van der Waals surface area contributed by atoms with Crippen LogP contribution in [0.4, 0.5) is 5.69 Å². The summed E-state index contributed by atoms with van der Waals surface area (Å²) < 4.78 is 7.47. The fourth-order valence-corrected chi connectivity index (χ4v) is 3.76. The zero-order valence-electron chi connectivity index (χ0n) is 18.5. The van der Waals surface area contributed by atoms with Crippen molar-refractivity contribution in [2.45, 2.75) is 53.2 Å². The van der Waals surface area contributed by atoms with Gasteiger partial charge in [-0.25, -0.2) is 4.98 Å². The number of anilines is 1. The lowest BCUT2D eigenvalue weighted by Gasteiger charge is -2.28. The monoisotopic (exact) mass is 409 g/mol. The van der Waals surface area contributed by atoms with Crippen molar-refractivity contribution in [1.29, 1.82) is 0 Å². The summed E-state index contributed by atoms with van der Waals surface area (Å²) in [6, 6.07) is 13.7. The van der Waals surface area contributed by atoms with Gasteiger partial charge in [0.1, 0.15) is 24.7 Å². The third kappa shape index (κ3) is 4.40. The fourth-order valence-electron chi connectivity index (χ4n) is 3.76. The van der Waals surface area contributed by atoms with Gasteiger partial charge in [0.05, 0.1) is 16.7 Å². The summed E-state index contributed by atoms with van der Waals surface area (Å²) >= 11 is 0. The highest BCUT2D eigenvalue weighted by molar-refractivity contribution is 5.95. The number of aryl methyl sites for hydroxylation is 2. The van der Waals surface area contributed by atoms with Crippen LogP contribution in [0.5, 0.6) is 0 Å². The van der Waals surface area contributed by atoms with Crippen LogP contribution in [0.15, 0.2) is 42.5 Å². The topological polar surface area (TPSA) is 67.6 Å². The van der Waals surface area contributed by atoms with Crippen LogP contribution in [0, 0.1) is 6.92 Å². The van der Waals surface area contributed by atoms with Gasteiger partial charge in [-0.1, -0.05) is 37.3 Å². The van der Waals surface area contributed by atoms with E-state index < -0.39 is 5.60 Å². The molecule has 6 nitrogen and oxygen atoms in total. The number of para-hydroxylation sites is 3. The van der Waals surface area contributed by atoms with Crippen molar-refractivity contribution < 1.29 is 14.6 Å². The number of ether oxygens (including phenoxy) is 1. The molecular weight excluding hydrogens is 378 g/mol. The summed E-state index contributed by atoms with van der Waals surface area (Å²) in [5.74, 6) is 0.356. The maximum Gasteiger partial charge on any atom is 0.248 e. The molecule has 2 aromatic carbocycles. The normalized spacial score (nSPS) is 11.8. The van der Waals surface area contributed by atoms with E-state index in [0.717, 1.165) is 34.3 Å². The van der Waals surface area contributed by atoms with Crippen LogP contribution in [0.2, 0.25) is 0 Å². The van der Waals surface area contributed by atoms with Gasteiger partial charge in [-0.15, -0.1) is 0 Å². The molecule has 3 aromatic rings. The van der Waals surface area contributed by atoms with Gasteiger partial charge in [0, 0.05) is 6.61 Å². The molecule has 0 fully saturated rings. The molecule has 1 N–H and O–H groups in total. The first kappa shape index (κ1) is 22.0. The van der Waals surface area contributed by atoms with Crippen LogP contribution in [-0.4, -0.2) is 33.9 Å². The minimum atomic E-state index is -1.18. The Labute approximate surface area is 178 Å². The molecule has 0 aliphatic carbocycles. The number of imidazole rings is 1. The molecule has 1 aromatic heterocycles. The maximum atomic E-state index is 13.6. The Hall–Kier alpha value is -2.70. The third-order valence-corrected chi connectivity index (χ3v) is 5.19. The number of rotatable bonds is 8. The van der Waals surface area contributed by atoms with E-state index in [4.69, 9.17) is 4.74 Å². The first-order valence-corrected chi connectivity index (χ1v) is 10.4. The van der Waals surface area contributed by atoms with Crippen LogP contribution in [0.1, 0.15) is 44.6 Å². The second kappa shape index (κ2) is 8.98. The molecule has 0 aliphatic rings. The van der Waals surface area contributed by atoms with Crippen molar-refractivity contribution >= 4 is 22.6 Å². The zero-order valence-corrected chi connectivity index (χ0v) is 18.5. The second-order valence-electron chi connectivity index (χ2n) is 7.95. The molecule has 30 heavy (non-hydrogen) atoms. The fraction of sp³-hybridized carbons (Fsp3) is 0.417. The van der Waals surface area contributed by atoms with Crippen LogP contribution in [-0.2, 0) is 28.1 Å². The third-order valence-electron chi connectivity index (χ3n) is 5.19. The predicted octanol–water partition coefficient (Wildman–Crippen LogP) is 4.16. The number of nitrogens with zero attached hydrogens (tertiary/aromatic N) is 3. The van der Waals surface area contributed by atoms with Gasteiger partial charge in [-0.2, -0.15) is 0 Å². The summed E-state index contributed by atoms with van der Waals surface area (Å²) in [7, 11) is 0. The molecule has 0 unspecified atom stereocenters. The Kier molecular flexibility index (Phi) is 6.58. The molecule has 0 aliphatic heterocycles. The van der Waals surface area contributed by atoms with E-state index in [1.54, 1.807) is 23.3 Å². The first-order chi connectivity index (χ1) is 14.3. The van der Waals surface area contributed by atoms with Crippen molar-refractivity contribution in [3.63, 3.8) is 0 Å². The average Bonchev–Trinajstić information content (AvgIpc) is 3.08. The van der Waals surface area contributed by atoms with Crippen LogP contribution >= 0.6 is 0 Å². The number of carbonyl (C=O) groups excluding carboxylic acids is 1. The highest BCUT2D eigenvalue weighted by atomic mass is 16.5. The molecule has 3 rings (SSSR count). The Balaban J connectivity index is 2.06. The van der Waals surface area contributed by atoms with E-state index in [-0.39, 0.29) is 19.2 Å². The number of aliphatic hydroxyl groups is 1. The van der Waals surface area contributed by atoms with Crippen molar-refractivity contribution in [3.05, 3.63) is 59.4 Å². The molecule has 6 heteroatoms. The Morgan fingerprint density at radius 2 is 1.90 bits per heavy atom. The van der Waals surface area contributed by atoms with Crippen molar-refractivity contribution in [1.82, 2.24) is 9.55 Å². The van der Waals surface area contributed by atoms with Crippen molar-refractivity contribution in [3.8, 4) is 0 Å². The summed E-state index contributed by atoms with van der Waals surface area (Å²) in [5, 5.41) is 10.7. The predicted molar refractivity (Wildman–Crippen MR) is 120 cm³/mol. The standard InChI is InChI=1S/C24H31N3O3/c1-6-18-12-10-11-17(3)22(18)27(16-30-7-2)21(28)15-26-20-14-9-8-13-19(20)25-23(26)24(4,5)29/h8-14,29H,6-7,15-16H2,1-5H3. The van der Waals surface area contributed by atoms with E-state index in [2.05, 4.69) is 11.9 Å². The molecule has 1 heterocycles. The largest absolute Gasteiger partial charge is 0.383 e. The molecule has 0 saturated carbocycles. The second-order valence-corrected chi connectivity index (χ2v) is 7.95. The highest BCUT2D eigenvalue weighted by Crippen LogP contribution is 2.28. The molecule has 0 radical (unpaired) electrons. The summed E-state index contributed by atoms with van der Waals surface area (Å²) in [6.07, 6.45) is 0.815. The lowest BCUT2D eigenvalue weighted by Crippen LogP contribution is -2.38. The number of benzene rings is 2. The minimum Gasteiger partial charge on any atom is -0.383 e. The van der Waals surface area contributed by atoms with Crippen LogP contribution in [0.3, 0.4) is 0 Å². The smallest absolute Gasteiger partial charge is 0.248 e. The molecule has 1 amide bonds. The summed E-state index contributed by atoms with van der Waals surface area (Å²) in [4.78, 5) is 19.9. The van der Waals surface area contributed by atoms with Gasteiger partial charge in [-0.3, -0.25) is 9.69 Å². The van der Waals surface area contributed by atoms with Gasteiger partial charge in [0.25, 0.3) is 0 Å². The number of carbonyl (C=O) groups is 1. The Bertz CT molecular complexity index is 1030. The van der Waals surface area contributed by atoms with Crippen LogP contribution in [0.25, 0.3) is 11.0 Å². The average molecular weight is 410 g/mol. The van der Waals surface area contributed by atoms with Crippen molar-refractivity contribution in [2.75, 3.05) is 18.2 Å². The van der Waals surface area contributed by atoms with Crippen molar-refractivity contribution in [2.24, 2.45) is 0 Å². The molecular formula is C24H31N3O3. The number of fused-ring (bicyclic) bond motifs is 1. The highest BCUT2D eigenvalue weighted by Gasteiger charge is 2.28. The van der Waals surface area contributed by atoms with E-state index in [9.17, 15) is 9.90 Å². The van der Waals surface area contributed by atoms with Crippen LogP contribution < -0.4 is 4.90 Å². The number of hydrogen-bond donors (Lipinski definition) is 1. The molecule has 0 spiro atoms. The zero-order chi connectivity index (χ0) is 21.9. The van der Waals surface area contributed by atoms with Gasteiger partial charge >= 0.3 is 0 Å². The lowest BCUT2D eigenvalue weighted by molar-refractivity contribution is -0.120. The summed E-state index contributed by atoms with van der Waals surface area (Å²) in [6.45, 7) is 10.1. The van der Waals surface area contributed by atoms with E-state index >= 15 is 0 Å². The first-order valence-electron chi connectivity index (χ1n) is 10.4. The molecule has 0 atom stereocenters. The number of hydrogen-bond acceptors (Lipinski definition) is 4. The van der Waals surface area contributed by atoms with Gasteiger partial charge in [0.15, 0.2) is 0 Å². The van der Waals surface area contributed by atoms with E-state index in [1.807, 2.05) is 56.3 Å². The molecule has 0 saturated heterocycles. The quantitative estimate of drug-likeness (QED) is 0.567. The minimum absolute atomic E-state index is 0.0599. The van der Waals surface area contributed by atoms with Gasteiger partial charge < -0.3 is 14.4 Å². The molecule has 0 bridgehead atoms. The van der Waals surface area contributed by atoms with E-state index in [0.29, 0.717) is 12.4 Å². The Morgan fingerprint density at radius 1 is 1.17 bits per heavy atom. The van der Waals surface area contributed by atoms with Gasteiger partial charge in [0.2, 0.25) is 5.91 Å². The molecule has 160 valence electrons. The number of aromatic nitrogens is 2. The SMILES string of the molecule is CCOCN(C(=O)Cn1c(C(C)(C)O)nc2ccccc21)c1c(C)cccc1CC.